The molecule has 0 saturated heterocycles. The summed E-state index contributed by atoms with van der Waals surface area (Å²) in [5, 5.41) is -0.431. The van der Waals surface area contributed by atoms with Gasteiger partial charge in [0.2, 0.25) is 0 Å². The van der Waals surface area contributed by atoms with E-state index in [0.29, 0.717) is 0 Å². The predicted molar refractivity (Wildman–Crippen MR) is 42.0 cm³/mol. The zero-order chi connectivity index (χ0) is 9.41. The molecule has 0 heterocycles. The Hall–Kier alpha value is -0.150. The van der Waals surface area contributed by atoms with Crippen LogP contribution in [0, 0.1) is 6.42 Å². The van der Waals surface area contributed by atoms with E-state index < -0.39 is 16.1 Å². The average molecular weight is 216 g/mol. The maximum absolute atomic E-state index is 12.3. The standard InChI is InChI=1S/C7H4Cl2F3/c8-5-3-1-2-4-6(5,9)7(10,11)12/h1-4H. The SMILES string of the molecule is FC(F)(F)C1(Cl)[CH]C=CC=C1Cl. The molecule has 0 saturated carbocycles. The van der Waals surface area contributed by atoms with E-state index in [4.69, 9.17) is 23.2 Å². The quantitative estimate of drug-likeness (QED) is 0.544. The van der Waals surface area contributed by atoms with Crippen LogP contribution in [0.15, 0.2) is 23.3 Å². The van der Waals surface area contributed by atoms with Crippen LogP contribution in [0.1, 0.15) is 0 Å². The normalized spacial score (nSPS) is 30.2. The molecule has 0 spiro atoms. The van der Waals surface area contributed by atoms with Crippen molar-refractivity contribution in [2.24, 2.45) is 0 Å². The topological polar surface area (TPSA) is 0 Å². The number of rotatable bonds is 0. The van der Waals surface area contributed by atoms with E-state index in [9.17, 15) is 13.2 Å². The van der Waals surface area contributed by atoms with E-state index in [1.54, 1.807) is 0 Å². The number of alkyl halides is 4. The number of halogens is 5. The van der Waals surface area contributed by atoms with Gasteiger partial charge in [0.1, 0.15) is 0 Å². The molecule has 0 N–H and O–H groups in total. The Morgan fingerprint density at radius 3 is 2.17 bits per heavy atom. The Bertz CT molecular complexity index is 242. The van der Waals surface area contributed by atoms with Gasteiger partial charge in [-0.2, -0.15) is 13.2 Å². The number of hydrogen-bond donors (Lipinski definition) is 0. The molecule has 0 bridgehead atoms. The summed E-state index contributed by atoms with van der Waals surface area (Å²) in [4.78, 5) is -2.54. The fourth-order valence-corrected chi connectivity index (χ4v) is 1.14. The fourth-order valence-electron chi connectivity index (χ4n) is 0.759. The van der Waals surface area contributed by atoms with E-state index in [1.165, 1.54) is 12.2 Å². The minimum absolute atomic E-state index is 0.431. The van der Waals surface area contributed by atoms with Crippen molar-refractivity contribution in [3.63, 3.8) is 0 Å². The second-order valence-electron chi connectivity index (χ2n) is 2.28. The first-order chi connectivity index (χ1) is 5.38. The Balaban J connectivity index is 3.01. The molecule has 1 atom stereocenters. The molecule has 0 fully saturated rings. The van der Waals surface area contributed by atoms with E-state index in [-0.39, 0.29) is 0 Å². The summed E-state index contributed by atoms with van der Waals surface area (Å²) in [5.74, 6) is 0. The van der Waals surface area contributed by atoms with Crippen molar-refractivity contribution in [3.05, 3.63) is 29.7 Å². The van der Waals surface area contributed by atoms with Crippen LogP contribution in [0.4, 0.5) is 13.2 Å². The first-order valence-corrected chi connectivity index (χ1v) is 3.78. The highest BCUT2D eigenvalue weighted by atomic mass is 35.5. The molecule has 0 amide bonds. The molecule has 0 aromatic rings. The fraction of sp³-hybridized carbons (Fsp3) is 0.286. The highest BCUT2D eigenvalue weighted by molar-refractivity contribution is 6.41. The Labute approximate surface area is 77.6 Å². The predicted octanol–water partition coefficient (Wildman–Crippen LogP) is 3.42. The molecule has 5 heteroatoms. The van der Waals surface area contributed by atoms with Crippen molar-refractivity contribution >= 4 is 23.2 Å². The molecular weight excluding hydrogens is 212 g/mol. The smallest absolute Gasteiger partial charge is 0.169 e. The molecule has 1 aliphatic carbocycles. The molecular formula is C7H4Cl2F3. The van der Waals surface area contributed by atoms with Gasteiger partial charge in [-0.25, -0.2) is 0 Å². The van der Waals surface area contributed by atoms with Crippen LogP contribution in [-0.2, 0) is 0 Å². The summed E-state index contributed by atoms with van der Waals surface area (Å²) >= 11 is 10.6. The Kier molecular flexibility index (Phi) is 2.45. The molecule has 0 aromatic heterocycles. The van der Waals surface area contributed by atoms with Gasteiger partial charge in [-0.15, -0.1) is 11.6 Å². The van der Waals surface area contributed by atoms with Crippen molar-refractivity contribution in [3.8, 4) is 0 Å². The van der Waals surface area contributed by atoms with Crippen molar-refractivity contribution in [1.29, 1.82) is 0 Å². The van der Waals surface area contributed by atoms with Gasteiger partial charge in [-0.3, -0.25) is 0 Å². The lowest BCUT2D eigenvalue weighted by Crippen LogP contribution is -2.41. The summed E-state index contributed by atoms with van der Waals surface area (Å²) in [7, 11) is 0. The van der Waals surface area contributed by atoms with Gasteiger partial charge < -0.3 is 0 Å². The minimum atomic E-state index is -4.56. The second-order valence-corrected chi connectivity index (χ2v) is 3.28. The van der Waals surface area contributed by atoms with Gasteiger partial charge in [0.15, 0.2) is 4.87 Å². The van der Waals surface area contributed by atoms with Crippen LogP contribution in [-0.4, -0.2) is 11.1 Å². The number of hydrogen-bond acceptors (Lipinski definition) is 0. The maximum Gasteiger partial charge on any atom is 0.413 e. The summed E-state index contributed by atoms with van der Waals surface area (Å²) < 4.78 is 36.8. The lowest BCUT2D eigenvalue weighted by Gasteiger charge is -2.29. The molecule has 0 aliphatic heterocycles. The van der Waals surface area contributed by atoms with Crippen molar-refractivity contribution in [2.75, 3.05) is 0 Å². The van der Waals surface area contributed by atoms with Gasteiger partial charge in [-0.05, 0) is 6.08 Å². The molecule has 1 radical (unpaired) electrons. The third kappa shape index (κ3) is 1.48. The average Bonchev–Trinajstić information content (AvgIpc) is 1.93. The molecule has 1 rings (SSSR count). The summed E-state index contributed by atoms with van der Waals surface area (Å²) in [6.45, 7) is 0. The number of allylic oxidation sites excluding steroid dienone is 4. The molecule has 12 heavy (non-hydrogen) atoms. The van der Waals surface area contributed by atoms with Crippen LogP contribution >= 0.6 is 23.2 Å². The van der Waals surface area contributed by atoms with Crippen molar-refractivity contribution < 1.29 is 13.2 Å². The largest absolute Gasteiger partial charge is 0.413 e. The molecule has 1 aliphatic rings. The van der Waals surface area contributed by atoms with Gasteiger partial charge in [0.05, 0.1) is 0 Å². The summed E-state index contributed by atoms with van der Waals surface area (Å²) in [6, 6.07) is 0. The zero-order valence-electron chi connectivity index (χ0n) is 5.70. The van der Waals surface area contributed by atoms with Crippen LogP contribution in [0.25, 0.3) is 0 Å². The molecule has 0 nitrogen and oxygen atoms in total. The molecule has 0 aromatic carbocycles. The Morgan fingerprint density at radius 1 is 1.25 bits per heavy atom. The molecule has 67 valence electrons. The first-order valence-electron chi connectivity index (χ1n) is 3.02. The van der Waals surface area contributed by atoms with Crippen molar-refractivity contribution in [1.82, 2.24) is 0 Å². The Morgan fingerprint density at radius 2 is 1.83 bits per heavy atom. The van der Waals surface area contributed by atoms with Gasteiger partial charge in [0.25, 0.3) is 0 Å². The van der Waals surface area contributed by atoms with Crippen LogP contribution in [0.5, 0.6) is 0 Å². The lowest BCUT2D eigenvalue weighted by atomic mass is 9.99. The minimum Gasteiger partial charge on any atom is -0.169 e. The third-order valence-corrected chi connectivity index (χ3v) is 2.50. The monoisotopic (exact) mass is 215 g/mol. The van der Waals surface area contributed by atoms with Crippen LogP contribution in [0.2, 0.25) is 0 Å². The van der Waals surface area contributed by atoms with Crippen LogP contribution in [0.3, 0.4) is 0 Å². The maximum atomic E-state index is 12.3. The highest BCUT2D eigenvalue weighted by Gasteiger charge is 2.55. The van der Waals surface area contributed by atoms with E-state index >= 15 is 0 Å². The molecule has 1 unspecified atom stereocenters. The highest BCUT2D eigenvalue weighted by Crippen LogP contribution is 2.46. The van der Waals surface area contributed by atoms with Gasteiger partial charge in [0, 0.05) is 11.5 Å². The van der Waals surface area contributed by atoms with Gasteiger partial charge >= 0.3 is 6.18 Å². The summed E-state index contributed by atoms with van der Waals surface area (Å²) in [6.07, 6.45) is -0.00704. The third-order valence-electron chi connectivity index (χ3n) is 1.44. The van der Waals surface area contributed by atoms with Crippen LogP contribution < -0.4 is 0 Å². The lowest BCUT2D eigenvalue weighted by molar-refractivity contribution is -0.143. The van der Waals surface area contributed by atoms with E-state index in [1.807, 2.05) is 0 Å². The van der Waals surface area contributed by atoms with Gasteiger partial charge in [-0.1, -0.05) is 23.8 Å². The second kappa shape index (κ2) is 2.96. The zero-order valence-corrected chi connectivity index (χ0v) is 7.21. The van der Waals surface area contributed by atoms with Crippen molar-refractivity contribution in [2.45, 2.75) is 11.1 Å². The first kappa shape index (κ1) is 9.93. The van der Waals surface area contributed by atoms with E-state index in [0.717, 1.165) is 12.5 Å². The summed E-state index contributed by atoms with van der Waals surface area (Å²) in [5.41, 5.74) is 0. The van der Waals surface area contributed by atoms with E-state index in [2.05, 4.69) is 0 Å².